The van der Waals surface area contributed by atoms with Crippen LogP contribution in [0.1, 0.15) is 17.5 Å². The van der Waals surface area contributed by atoms with Crippen LogP contribution in [0.15, 0.2) is 48.8 Å². The number of nitrogens with two attached hydrogens (primary N) is 1. The number of carbonyl (C=O) groups is 1. The fourth-order valence-corrected chi connectivity index (χ4v) is 4.37. The zero-order valence-electron chi connectivity index (χ0n) is 17.1. The van der Waals surface area contributed by atoms with Crippen LogP contribution in [0.5, 0.6) is 0 Å². The molecule has 31 heavy (non-hydrogen) atoms. The molecule has 2 aromatic rings. The van der Waals surface area contributed by atoms with Gasteiger partial charge >= 0.3 is 6.18 Å². The van der Waals surface area contributed by atoms with E-state index in [0.29, 0.717) is 51.4 Å². The number of pyridine rings is 1. The van der Waals surface area contributed by atoms with Crippen molar-refractivity contribution < 1.29 is 18.0 Å². The Morgan fingerprint density at radius 1 is 1.10 bits per heavy atom. The molecule has 166 valence electrons. The molecule has 2 saturated heterocycles. The molecule has 0 saturated carbocycles. The molecule has 0 radical (unpaired) electrons. The molecule has 0 spiro atoms. The Morgan fingerprint density at radius 2 is 1.81 bits per heavy atom. The number of nitrogens with zero attached hydrogens (tertiary/aromatic N) is 4. The third-order valence-corrected chi connectivity index (χ3v) is 5.99. The first-order valence-electron chi connectivity index (χ1n) is 10.4. The van der Waals surface area contributed by atoms with E-state index in [0.717, 1.165) is 11.6 Å². The van der Waals surface area contributed by atoms with E-state index in [4.69, 9.17) is 5.73 Å². The predicted molar refractivity (Wildman–Crippen MR) is 111 cm³/mol. The van der Waals surface area contributed by atoms with Crippen molar-refractivity contribution in [2.75, 3.05) is 37.6 Å². The second-order valence-corrected chi connectivity index (χ2v) is 8.16. The Bertz CT molecular complexity index is 900. The van der Waals surface area contributed by atoms with Crippen LogP contribution in [0.4, 0.5) is 18.9 Å². The van der Waals surface area contributed by atoms with E-state index >= 15 is 0 Å². The maximum atomic E-state index is 13.2. The first kappa shape index (κ1) is 21.6. The Kier molecular flexibility index (Phi) is 6.15. The van der Waals surface area contributed by atoms with Crippen LogP contribution in [0.3, 0.4) is 0 Å². The third-order valence-electron chi connectivity index (χ3n) is 5.99. The van der Waals surface area contributed by atoms with E-state index in [1.54, 1.807) is 18.5 Å². The molecule has 1 amide bonds. The van der Waals surface area contributed by atoms with Crippen LogP contribution in [0, 0.1) is 0 Å². The van der Waals surface area contributed by atoms with Gasteiger partial charge in [0.05, 0.1) is 11.6 Å². The first-order valence-corrected chi connectivity index (χ1v) is 10.4. The van der Waals surface area contributed by atoms with E-state index in [1.165, 1.54) is 12.1 Å². The number of hydrogen-bond donors (Lipinski definition) is 1. The van der Waals surface area contributed by atoms with Crippen molar-refractivity contribution in [1.82, 2.24) is 14.8 Å². The molecule has 0 aliphatic carbocycles. The fourth-order valence-electron chi connectivity index (χ4n) is 4.37. The lowest BCUT2D eigenvalue weighted by molar-refractivity contribution is -0.137. The van der Waals surface area contributed by atoms with Crippen LogP contribution < -0.4 is 10.6 Å². The van der Waals surface area contributed by atoms with Crippen molar-refractivity contribution >= 4 is 11.6 Å². The molecule has 2 fully saturated rings. The highest BCUT2D eigenvalue weighted by molar-refractivity contribution is 5.82. The van der Waals surface area contributed by atoms with E-state index in [1.807, 2.05) is 21.9 Å². The number of piperazine rings is 1. The molecule has 2 aliphatic heterocycles. The van der Waals surface area contributed by atoms with Gasteiger partial charge < -0.3 is 15.5 Å². The second kappa shape index (κ2) is 8.84. The number of amides is 1. The number of alkyl halides is 3. The highest BCUT2D eigenvalue weighted by atomic mass is 19.4. The van der Waals surface area contributed by atoms with E-state index in [-0.39, 0.29) is 18.0 Å². The number of rotatable bonds is 4. The SMILES string of the molecule is N[C@@H]1C[C@@H](C(=O)N2CCN(c3cccc(C(F)(F)F)c3)CC2)N(Cc2ccncc2)C1. The zero-order chi connectivity index (χ0) is 22.0. The molecular weight excluding hydrogens is 407 g/mol. The lowest BCUT2D eigenvalue weighted by atomic mass is 10.1. The van der Waals surface area contributed by atoms with Crippen molar-refractivity contribution in [2.24, 2.45) is 5.73 Å². The van der Waals surface area contributed by atoms with Gasteiger partial charge in [-0.15, -0.1) is 0 Å². The van der Waals surface area contributed by atoms with Gasteiger partial charge in [0.15, 0.2) is 0 Å². The molecule has 1 aromatic heterocycles. The van der Waals surface area contributed by atoms with E-state index in [2.05, 4.69) is 9.88 Å². The highest BCUT2D eigenvalue weighted by Crippen LogP contribution is 2.32. The van der Waals surface area contributed by atoms with Gasteiger partial charge in [-0.3, -0.25) is 14.7 Å². The lowest BCUT2D eigenvalue weighted by Gasteiger charge is -2.38. The number of halogens is 3. The van der Waals surface area contributed by atoms with Crippen LogP contribution >= 0.6 is 0 Å². The maximum absolute atomic E-state index is 13.2. The maximum Gasteiger partial charge on any atom is 0.416 e. The van der Waals surface area contributed by atoms with E-state index in [9.17, 15) is 18.0 Å². The van der Waals surface area contributed by atoms with Crippen molar-refractivity contribution in [3.63, 3.8) is 0 Å². The summed E-state index contributed by atoms with van der Waals surface area (Å²) < 4.78 is 39.0. The quantitative estimate of drug-likeness (QED) is 0.802. The molecule has 4 rings (SSSR count). The molecule has 6 nitrogen and oxygen atoms in total. The van der Waals surface area contributed by atoms with E-state index < -0.39 is 11.7 Å². The van der Waals surface area contributed by atoms with Crippen LogP contribution in [-0.4, -0.2) is 65.5 Å². The fraction of sp³-hybridized carbons (Fsp3) is 0.455. The van der Waals surface area contributed by atoms with Crippen molar-refractivity contribution in [3.05, 3.63) is 59.9 Å². The minimum absolute atomic E-state index is 0.0469. The number of aromatic nitrogens is 1. The number of carbonyl (C=O) groups excluding carboxylic acids is 1. The molecule has 2 aliphatic rings. The van der Waals surface area contributed by atoms with Gasteiger partial charge in [-0.05, 0) is 42.3 Å². The summed E-state index contributed by atoms with van der Waals surface area (Å²) >= 11 is 0. The van der Waals surface area contributed by atoms with Crippen LogP contribution in [0.25, 0.3) is 0 Å². The molecular formula is C22H26F3N5O. The monoisotopic (exact) mass is 433 g/mol. The molecule has 1 aromatic carbocycles. The molecule has 2 atom stereocenters. The predicted octanol–water partition coefficient (Wildman–Crippen LogP) is 2.35. The second-order valence-electron chi connectivity index (χ2n) is 8.16. The summed E-state index contributed by atoms with van der Waals surface area (Å²) in [5.74, 6) is 0.0469. The highest BCUT2D eigenvalue weighted by Gasteiger charge is 2.38. The van der Waals surface area contributed by atoms with Gasteiger partial charge in [0.1, 0.15) is 0 Å². The van der Waals surface area contributed by atoms with Crippen LogP contribution in [-0.2, 0) is 17.5 Å². The molecule has 3 heterocycles. The lowest BCUT2D eigenvalue weighted by Crippen LogP contribution is -2.53. The molecule has 9 heteroatoms. The topological polar surface area (TPSA) is 65.7 Å². The van der Waals surface area contributed by atoms with Crippen molar-refractivity contribution in [1.29, 1.82) is 0 Å². The Morgan fingerprint density at radius 3 is 2.48 bits per heavy atom. The Labute approximate surface area is 179 Å². The van der Waals surface area contributed by atoms with Gasteiger partial charge in [-0.1, -0.05) is 6.07 Å². The Balaban J connectivity index is 1.38. The van der Waals surface area contributed by atoms with Crippen LogP contribution in [0.2, 0.25) is 0 Å². The van der Waals surface area contributed by atoms with Crippen molar-refractivity contribution in [3.8, 4) is 0 Å². The Hall–Kier alpha value is -2.65. The van der Waals surface area contributed by atoms with Gasteiger partial charge in [-0.25, -0.2) is 0 Å². The molecule has 0 bridgehead atoms. The van der Waals surface area contributed by atoms with Gasteiger partial charge in [0, 0.05) is 63.4 Å². The number of hydrogen-bond acceptors (Lipinski definition) is 5. The third kappa shape index (κ3) is 4.99. The summed E-state index contributed by atoms with van der Waals surface area (Å²) in [5, 5.41) is 0. The molecule has 2 N–H and O–H groups in total. The summed E-state index contributed by atoms with van der Waals surface area (Å²) in [6.45, 7) is 3.24. The molecule has 0 unspecified atom stereocenters. The van der Waals surface area contributed by atoms with Gasteiger partial charge in [0.2, 0.25) is 5.91 Å². The van der Waals surface area contributed by atoms with Gasteiger partial charge in [0.25, 0.3) is 0 Å². The summed E-state index contributed by atoms with van der Waals surface area (Å²) in [6.07, 6.45) is -0.296. The summed E-state index contributed by atoms with van der Waals surface area (Å²) in [5.41, 5.74) is 7.11. The minimum Gasteiger partial charge on any atom is -0.368 e. The van der Waals surface area contributed by atoms with Crippen molar-refractivity contribution in [2.45, 2.75) is 31.2 Å². The number of anilines is 1. The summed E-state index contributed by atoms with van der Waals surface area (Å²) in [7, 11) is 0. The zero-order valence-corrected chi connectivity index (χ0v) is 17.1. The van der Waals surface area contributed by atoms with Gasteiger partial charge in [-0.2, -0.15) is 13.2 Å². The number of benzene rings is 1. The largest absolute Gasteiger partial charge is 0.416 e. The average molecular weight is 433 g/mol. The summed E-state index contributed by atoms with van der Waals surface area (Å²) in [4.78, 5) is 23.1. The first-order chi connectivity index (χ1) is 14.8. The summed E-state index contributed by atoms with van der Waals surface area (Å²) in [6, 6.07) is 8.88. The normalized spacial score (nSPS) is 22.7. The smallest absolute Gasteiger partial charge is 0.368 e. The average Bonchev–Trinajstić information content (AvgIpc) is 3.13. The number of likely N-dealkylation sites (tertiary alicyclic amines) is 1. The minimum atomic E-state index is -4.37. The standard InChI is InChI=1S/C22H26F3N5O/c23-22(24,25)17-2-1-3-19(12-17)28-8-10-29(11-9-28)21(31)20-13-18(26)15-30(20)14-16-4-6-27-7-5-16/h1-7,12,18,20H,8-11,13-15,26H2/t18-,20+/m1/s1.